The lowest BCUT2D eigenvalue weighted by Gasteiger charge is -2.17. The van der Waals surface area contributed by atoms with Crippen molar-refractivity contribution in [2.24, 2.45) is 5.73 Å². The lowest BCUT2D eigenvalue weighted by Crippen LogP contribution is -2.26. The fraction of sp³-hybridized carbons (Fsp3) is 0.750. The number of thiazole rings is 1. The molecule has 2 N–H and O–H groups in total. The lowest BCUT2D eigenvalue weighted by atomic mass is 10.1. The molecule has 0 radical (unpaired) electrons. The summed E-state index contributed by atoms with van der Waals surface area (Å²) in [6.07, 6.45) is 6.35. The molecule has 0 spiro atoms. The molecule has 0 saturated carbocycles. The summed E-state index contributed by atoms with van der Waals surface area (Å²) in [5, 5.41) is 1.09. The van der Waals surface area contributed by atoms with Crippen molar-refractivity contribution >= 4 is 11.3 Å². The van der Waals surface area contributed by atoms with E-state index in [0.717, 1.165) is 24.3 Å². The van der Waals surface area contributed by atoms with Gasteiger partial charge in [0, 0.05) is 4.88 Å². The molecule has 3 nitrogen and oxygen atoms in total. The second kappa shape index (κ2) is 4.09. The minimum absolute atomic E-state index is 0.0134. The molecule has 3 unspecified atom stereocenters. The Labute approximate surface area is 100 Å². The van der Waals surface area contributed by atoms with Crippen molar-refractivity contribution in [2.45, 2.75) is 57.3 Å². The molecule has 0 bridgehead atoms. The summed E-state index contributed by atoms with van der Waals surface area (Å²) < 4.78 is 5.82. The third-order valence-electron chi connectivity index (χ3n) is 3.56. The van der Waals surface area contributed by atoms with Crippen LogP contribution in [0.4, 0.5) is 0 Å². The Morgan fingerprint density at radius 3 is 3.00 bits per heavy atom. The number of aromatic nitrogens is 1. The highest BCUT2D eigenvalue weighted by Gasteiger charge is 2.31. The van der Waals surface area contributed by atoms with E-state index < -0.39 is 0 Å². The molecule has 0 amide bonds. The summed E-state index contributed by atoms with van der Waals surface area (Å²) >= 11 is 1.80. The second-order valence-corrected chi connectivity index (χ2v) is 5.98. The largest absolute Gasteiger partial charge is 0.373 e. The van der Waals surface area contributed by atoms with Crippen LogP contribution in [0.15, 0.2) is 0 Å². The van der Waals surface area contributed by atoms with Gasteiger partial charge < -0.3 is 10.5 Å². The van der Waals surface area contributed by atoms with E-state index in [1.807, 2.05) is 0 Å². The fourth-order valence-corrected chi connectivity index (χ4v) is 3.82. The predicted octanol–water partition coefficient (Wildman–Crippen LogP) is 2.20. The van der Waals surface area contributed by atoms with E-state index in [1.165, 1.54) is 23.4 Å². The Morgan fingerprint density at radius 1 is 1.44 bits per heavy atom. The van der Waals surface area contributed by atoms with Gasteiger partial charge in [0.05, 0.1) is 23.9 Å². The normalized spacial score (nSPS) is 30.6. The SMILES string of the molecule is CC1CCC(C(N)c2nc3c(s2)CCC3)O1. The Bertz CT molecular complexity index is 369. The molecule has 2 aliphatic rings. The predicted molar refractivity (Wildman–Crippen MR) is 64.6 cm³/mol. The molecule has 1 aliphatic carbocycles. The molecule has 1 aromatic heterocycles. The summed E-state index contributed by atoms with van der Waals surface area (Å²) in [7, 11) is 0. The molecule has 16 heavy (non-hydrogen) atoms. The third kappa shape index (κ3) is 1.79. The number of nitrogens with two attached hydrogens (primary N) is 1. The van der Waals surface area contributed by atoms with Gasteiger partial charge in [-0.25, -0.2) is 4.98 Å². The van der Waals surface area contributed by atoms with Crippen LogP contribution in [0, 0.1) is 0 Å². The van der Waals surface area contributed by atoms with E-state index in [1.54, 1.807) is 11.3 Å². The van der Waals surface area contributed by atoms with Crippen LogP contribution in [0.2, 0.25) is 0 Å². The van der Waals surface area contributed by atoms with Crippen molar-refractivity contribution in [3.63, 3.8) is 0 Å². The van der Waals surface area contributed by atoms with Crippen LogP contribution in [-0.2, 0) is 17.6 Å². The van der Waals surface area contributed by atoms with Crippen molar-refractivity contribution in [1.29, 1.82) is 0 Å². The number of hydrogen-bond acceptors (Lipinski definition) is 4. The second-order valence-electron chi connectivity index (χ2n) is 4.86. The standard InChI is InChI=1S/C12H18N2OS/c1-7-5-6-9(15-7)11(13)12-14-8-3-2-4-10(8)16-12/h7,9,11H,2-6,13H2,1H3. The van der Waals surface area contributed by atoms with E-state index in [2.05, 4.69) is 11.9 Å². The van der Waals surface area contributed by atoms with Crippen molar-refractivity contribution < 1.29 is 4.74 Å². The number of hydrogen-bond donors (Lipinski definition) is 1. The average Bonchev–Trinajstić information content (AvgIpc) is 2.89. The highest BCUT2D eigenvalue weighted by Crippen LogP contribution is 2.34. The van der Waals surface area contributed by atoms with Crippen LogP contribution in [0.1, 0.15) is 47.8 Å². The van der Waals surface area contributed by atoms with Gasteiger partial charge in [0.15, 0.2) is 0 Å². The first-order valence-electron chi connectivity index (χ1n) is 6.13. The van der Waals surface area contributed by atoms with E-state index in [4.69, 9.17) is 10.5 Å². The minimum Gasteiger partial charge on any atom is -0.373 e. The van der Waals surface area contributed by atoms with Crippen LogP contribution >= 0.6 is 11.3 Å². The zero-order valence-corrected chi connectivity index (χ0v) is 10.4. The van der Waals surface area contributed by atoms with Gasteiger partial charge in [-0.2, -0.15) is 0 Å². The summed E-state index contributed by atoms with van der Waals surface area (Å²) in [6.45, 7) is 2.12. The first-order chi connectivity index (χ1) is 7.74. The molecule has 1 aromatic rings. The van der Waals surface area contributed by atoms with Gasteiger partial charge in [-0.15, -0.1) is 11.3 Å². The number of rotatable bonds is 2. The van der Waals surface area contributed by atoms with Crippen LogP contribution in [0.3, 0.4) is 0 Å². The minimum atomic E-state index is -0.0134. The van der Waals surface area contributed by atoms with Crippen molar-refractivity contribution in [2.75, 3.05) is 0 Å². The number of fused-ring (bicyclic) bond motifs is 1. The Hall–Kier alpha value is -0.450. The Balaban J connectivity index is 1.76. The van der Waals surface area contributed by atoms with Crippen LogP contribution < -0.4 is 5.73 Å². The van der Waals surface area contributed by atoms with Gasteiger partial charge in [0.1, 0.15) is 5.01 Å². The van der Waals surface area contributed by atoms with Crippen LogP contribution in [0.5, 0.6) is 0 Å². The number of ether oxygens (including phenoxy) is 1. The zero-order valence-electron chi connectivity index (χ0n) is 9.61. The molecule has 88 valence electrons. The van der Waals surface area contributed by atoms with E-state index in [-0.39, 0.29) is 12.1 Å². The van der Waals surface area contributed by atoms with Crippen molar-refractivity contribution in [3.8, 4) is 0 Å². The van der Waals surface area contributed by atoms with Gasteiger partial charge in [-0.3, -0.25) is 0 Å². The molecule has 3 rings (SSSR count). The molecule has 0 aromatic carbocycles. The zero-order chi connectivity index (χ0) is 11.1. The molecule has 1 aliphatic heterocycles. The number of nitrogens with zero attached hydrogens (tertiary/aromatic N) is 1. The Kier molecular flexibility index (Phi) is 2.73. The molecule has 1 fully saturated rings. The Morgan fingerprint density at radius 2 is 2.31 bits per heavy atom. The van der Waals surface area contributed by atoms with Gasteiger partial charge >= 0.3 is 0 Å². The van der Waals surface area contributed by atoms with Gasteiger partial charge in [0.2, 0.25) is 0 Å². The lowest BCUT2D eigenvalue weighted by molar-refractivity contribution is 0.0401. The van der Waals surface area contributed by atoms with E-state index >= 15 is 0 Å². The van der Waals surface area contributed by atoms with Gasteiger partial charge in [-0.05, 0) is 39.0 Å². The molecule has 3 atom stereocenters. The molecule has 2 heterocycles. The monoisotopic (exact) mass is 238 g/mol. The molecule has 1 saturated heterocycles. The average molecular weight is 238 g/mol. The molecular formula is C12H18N2OS. The summed E-state index contributed by atoms with van der Waals surface area (Å²) in [4.78, 5) is 6.13. The summed E-state index contributed by atoms with van der Waals surface area (Å²) in [5.74, 6) is 0. The first-order valence-corrected chi connectivity index (χ1v) is 6.95. The number of aryl methyl sites for hydroxylation is 2. The van der Waals surface area contributed by atoms with Crippen LogP contribution in [0.25, 0.3) is 0 Å². The summed E-state index contributed by atoms with van der Waals surface area (Å²) in [5.41, 5.74) is 7.54. The molecule has 4 heteroatoms. The smallest absolute Gasteiger partial charge is 0.113 e. The topological polar surface area (TPSA) is 48.1 Å². The molecular weight excluding hydrogens is 220 g/mol. The highest BCUT2D eigenvalue weighted by atomic mass is 32.1. The van der Waals surface area contributed by atoms with E-state index in [0.29, 0.717) is 6.10 Å². The van der Waals surface area contributed by atoms with E-state index in [9.17, 15) is 0 Å². The van der Waals surface area contributed by atoms with Crippen LogP contribution in [-0.4, -0.2) is 17.2 Å². The third-order valence-corrected chi connectivity index (χ3v) is 4.82. The summed E-state index contributed by atoms with van der Waals surface area (Å²) in [6, 6.07) is -0.0134. The first kappa shape index (κ1) is 10.7. The highest BCUT2D eigenvalue weighted by molar-refractivity contribution is 7.11. The maximum absolute atomic E-state index is 6.25. The quantitative estimate of drug-likeness (QED) is 0.859. The van der Waals surface area contributed by atoms with Gasteiger partial charge in [0.25, 0.3) is 0 Å². The maximum atomic E-state index is 6.25. The van der Waals surface area contributed by atoms with Gasteiger partial charge in [-0.1, -0.05) is 0 Å². The van der Waals surface area contributed by atoms with Crippen molar-refractivity contribution in [1.82, 2.24) is 4.98 Å². The van der Waals surface area contributed by atoms with Crippen molar-refractivity contribution in [3.05, 3.63) is 15.6 Å². The maximum Gasteiger partial charge on any atom is 0.113 e. The fourth-order valence-electron chi connectivity index (χ4n) is 2.61.